The highest BCUT2D eigenvalue weighted by atomic mass is 127. The maximum atomic E-state index is 12.3. The number of hydrogen-bond acceptors (Lipinski definition) is 4. The summed E-state index contributed by atoms with van der Waals surface area (Å²) in [6.07, 6.45) is 3.42. The number of nitrogens with one attached hydrogen (secondary N) is 2. The molecule has 0 aromatic carbocycles. The van der Waals surface area contributed by atoms with Gasteiger partial charge in [0.1, 0.15) is 0 Å². The SMILES string of the molecule is CCNC(=NCc1sccc1C)NCCN1CCN(C(=O)C2CCC2)CC1.I. The van der Waals surface area contributed by atoms with Gasteiger partial charge in [-0.05, 0) is 43.7 Å². The number of halogens is 1. The molecule has 1 aromatic heterocycles. The van der Waals surface area contributed by atoms with Crippen LogP contribution in [0.3, 0.4) is 0 Å². The van der Waals surface area contributed by atoms with Crippen LogP contribution in [0, 0.1) is 12.8 Å². The van der Waals surface area contributed by atoms with E-state index in [0.717, 1.165) is 71.2 Å². The maximum absolute atomic E-state index is 12.3. The fourth-order valence-corrected chi connectivity index (χ4v) is 4.33. The van der Waals surface area contributed by atoms with Crippen molar-refractivity contribution >= 4 is 47.2 Å². The summed E-state index contributed by atoms with van der Waals surface area (Å²) in [7, 11) is 0. The first-order valence-corrected chi connectivity index (χ1v) is 11.1. The predicted octanol–water partition coefficient (Wildman–Crippen LogP) is 2.67. The summed E-state index contributed by atoms with van der Waals surface area (Å²) in [5, 5.41) is 8.88. The molecule has 2 heterocycles. The molecule has 1 aliphatic heterocycles. The standard InChI is InChI=1S/C20H33N5OS.HI/c1-3-21-20(23-15-18-16(2)7-14-27-18)22-8-9-24-10-12-25(13-11-24)19(26)17-5-4-6-17;/h7,14,17H,3-6,8-13,15H2,1-2H3,(H2,21,22,23);1H. The second-order valence-electron chi connectivity index (χ2n) is 7.44. The minimum Gasteiger partial charge on any atom is -0.357 e. The van der Waals surface area contributed by atoms with Gasteiger partial charge >= 0.3 is 0 Å². The molecule has 0 spiro atoms. The number of aryl methyl sites for hydroxylation is 1. The zero-order valence-corrected chi connectivity index (χ0v) is 20.2. The topological polar surface area (TPSA) is 60.0 Å². The molecular formula is C20H34IN5OS. The van der Waals surface area contributed by atoms with Crippen LogP contribution in [-0.4, -0.2) is 67.5 Å². The van der Waals surface area contributed by atoms with E-state index in [2.05, 4.69) is 45.7 Å². The molecule has 0 atom stereocenters. The lowest BCUT2D eigenvalue weighted by molar-refractivity contribution is -0.139. The Labute approximate surface area is 190 Å². The predicted molar refractivity (Wildman–Crippen MR) is 128 cm³/mol. The van der Waals surface area contributed by atoms with Crippen molar-refractivity contribution in [3.05, 3.63) is 21.9 Å². The molecular weight excluding hydrogens is 485 g/mol. The number of guanidine groups is 1. The van der Waals surface area contributed by atoms with E-state index in [4.69, 9.17) is 4.99 Å². The quantitative estimate of drug-likeness (QED) is 0.331. The van der Waals surface area contributed by atoms with Crippen LogP contribution in [0.2, 0.25) is 0 Å². The molecule has 1 amide bonds. The van der Waals surface area contributed by atoms with Crippen molar-refractivity contribution in [1.82, 2.24) is 20.4 Å². The molecule has 28 heavy (non-hydrogen) atoms. The highest BCUT2D eigenvalue weighted by Gasteiger charge is 2.30. The van der Waals surface area contributed by atoms with Gasteiger partial charge in [-0.2, -0.15) is 0 Å². The van der Waals surface area contributed by atoms with Gasteiger partial charge < -0.3 is 15.5 Å². The Morgan fingerprint density at radius 3 is 2.57 bits per heavy atom. The molecule has 2 aliphatic rings. The summed E-state index contributed by atoms with van der Waals surface area (Å²) in [4.78, 5) is 22.9. The Hall–Kier alpha value is -0.870. The smallest absolute Gasteiger partial charge is 0.225 e. The van der Waals surface area contributed by atoms with Crippen LogP contribution in [0.4, 0.5) is 0 Å². The molecule has 0 radical (unpaired) electrons. The summed E-state index contributed by atoms with van der Waals surface area (Å²) in [6, 6.07) is 2.14. The highest BCUT2D eigenvalue weighted by molar-refractivity contribution is 14.0. The number of rotatable bonds is 7. The minimum atomic E-state index is 0. The fourth-order valence-electron chi connectivity index (χ4n) is 3.50. The van der Waals surface area contributed by atoms with Crippen molar-refractivity contribution in [1.29, 1.82) is 0 Å². The molecule has 6 nitrogen and oxygen atoms in total. The summed E-state index contributed by atoms with van der Waals surface area (Å²) in [5.74, 6) is 1.60. The van der Waals surface area contributed by atoms with E-state index in [9.17, 15) is 4.79 Å². The van der Waals surface area contributed by atoms with Gasteiger partial charge in [0.2, 0.25) is 5.91 Å². The second kappa shape index (κ2) is 12.0. The Kier molecular flexibility index (Phi) is 10.0. The van der Waals surface area contributed by atoms with Gasteiger partial charge in [-0.25, -0.2) is 4.99 Å². The summed E-state index contributed by atoms with van der Waals surface area (Å²) in [6.45, 7) is 11.4. The molecule has 0 bridgehead atoms. The maximum Gasteiger partial charge on any atom is 0.225 e. The van der Waals surface area contributed by atoms with Gasteiger partial charge in [0.25, 0.3) is 0 Å². The van der Waals surface area contributed by atoms with Gasteiger partial charge in [-0.15, -0.1) is 35.3 Å². The average Bonchev–Trinajstić information content (AvgIpc) is 3.03. The fraction of sp³-hybridized carbons (Fsp3) is 0.700. The first-order chi connectivity index (χ1) is 13.2. The van der Waals surface area contributed by atoms with E-state index in [-0.39, 0.29) is 24.0 Å². The zero-order chi connectivity index (χ0) is 19.1. The van der Waals surface area contributed by atoms with E-state index in [1.807, 2.05) is 0 Å². The van der Waals surface area contributed by atoms with Crippen molar-refractivity contribution in [3.63, 3.8) is 0 Å². The van der Waals surface area contributed by atoms with Gasteiger partial charge in [0.05, 0.1) is 6.54 Å². The summed E-state index contributed by atoms with van der Waals surface area (Å²) in [5.41, 5.74) is 1.31. The van der Waals surface area contributed by atoms with Crippen LogP contribution in [-0.2, 0) is 11.3 Å². The minimum absolute atomic E-state index is 0. The number of amides is 1. The number of carbonyl (C=O) groups is 1. The number of thiophene rings is 1. The number of aliphatic imine (C=N–C) groups is 1. The Morgan fingerprint density at radius 1 is 1.25 bits per heavy atom. The Morgan fingerprint density at radius 2 is 2.00 bits per heavy atom. The molecule has 3 rings (SSSR count). The summed E-state index contributed by atoms with van der Waals surface area (Å²) >= 11 is 1.76. The number of carbonyl (C=O) groups excluding carboxylic acids is 1. The average molecular weight is 519 g/mol. The third kappa shape index (κ3) is 6.59. The monoisotopic (exact) mass is 519 g/mol. The van der Waals surface area contributed by atoms with Gasteiger partial charge in [0.15, 0.2) is 5.96 Å². The van der Waals surface area contributed by atoms with Crippen LogP contribution >= 0.6 is 35.3 Å². The van der Waals surface area contributed by atoms with Crippen molar-refractivity contribution in [2.24, 2.45) is 10.9 Å². The van der Waals surface area contributed by atoms with Crippen molar-refractivity contribution < 1.29 is 4.79 Å². The van der Waals surface area contributed by atoms with E-state index in [0.29, 0.717) is 11.8 Å². The third-order valence-electron chi connectivity index (χ3n) is 5.55. The molecule has 0 unspecified atom stereocenters. The molecule has 1 aromatic rings. The molecule has 2 N–H and O–H groups in total. The lowest BCUT2D eigenvalue weighted by Gasteiger charge is -2.38. The van der Waals surface area contributed by atoms with Crippen LogP contribution in [0.1, 0.15) is 36.6 Å². The van der Waals surface area contributed by atoms with Gasteiger partial charge in [-0.3, -0.25) is 9.69 Å². The van der Waals surface area contributed by atoms with Crippen LogP contribution in [0.5, 0.6) is 0 Å². The molecule has 158 valence electrons. The number of hydrogen-bond donors (Lipinski definition) is 2. The number of nitrogens with zero attached hydrogens (tertiary/aromatic N) is 3. The lowest BCUT2D eigenvalue weighted by Crippen LogP contribution is -2.52. The first-order valence-electron chi connectivity index (χ1n) is 10.2. The normalized spacial score (nSPS) is 18.4. The van der Waals surface area contributed by atoms with Crippen LogP contribution < -0.4 is 10.6 Å². The Bertz CT molecular complexity index is 638. The molecule has 1 saturated carbocycles. The zero-order valence-electron chi connectivity index (χ0n) is 17.1. The third-order valence-corrected chi connectivity index (χ3v) is 6.56. The largest absolute Gasteiger partial charge is 0.357 e. The van der Waals surface area contributed by atoms with E-state index in [1.165, 1.54) is 16.9 Å². The molecule has 8 heteroatoms. The van der Waals surface area contributed by atoms with Gasteiger partial charge in [0, 0.05) is 56.6 Å². The van der Waals surface area contributed by atoms with E-state index >= 15 is 0 Å². The highest BCUT2D eigenvalue weighted by Crippen LogP contribution is 2.28. The van der Waals surface area contributed by atoms with Gasteiger partial charge in [-0.1, -0.05) is 6.42 Å². The lowest BCUT2D eigenvalue weighted by atomic mass is 9.84. The molecule has 1 aliphatic carbocycles. The van der Waals surface area contributed by atoms with Crippen molar-refractivity contribution in [2.45, 2.75) is 39.7 Å². The van der Waals surface area contributed by atoms with Crippen LogP contribution in [0.15, 0.2) is 16.4 Å². The summed E-state index contributed by atoms with van der Waals surface area (Å²) < 4.78 is 0. The Balaban J connectivity index is 0.00000280. The first kappa shape index (κ1) is 23.4. The van der Waals surface area contributed by atoms with Crippen molar-refractivity contribution in [3.8, 4) is 0 Å². The van der Waals surface area contributed by atoms with Crippen molar-refractivity contribution in [2.75, 3.05) is 45.8 Å². The molecule has 2 fully saturated rings. The number of piperazine rings is 1. The second-order valence-corrected chi connectivity index (χ2v) is 8.44. The molecule has 1 saturated heterocycles. The van der Waals surface area contributed by atoms with E-state index < -0.39 is 0 Å². The van der Waals surface area contributed by atoms with E-state index in [1.54, 1.807) is 11.3 Å². The van der Waals surface area contributed by atoms with Crippen LogP contribution in [0.25, 0.3) is 0 Å².